The molecule has 1 aromatic carbocycles. The van der Waals surface area contributed by atoms with Crippen molar-refractivity contribution < 1.29 is 9.53 Å². The van der Waals surface area contributed by atoms with Crippen LogP contribution >= 0.6 is 0 Å². The summed E-state index contributed by atoms with van der Waals surface area (Å²) in [6.45, 7) is 9.39. The summed E-state index contributed by atoms with van der Waals surface area (Å²) in [6.07, 6.45) is 0. The van der Waals surface area contributed by atoms with Gasteiger partial charge in [-0.2, -0.15) is 0 Å². The van der Waals surface area contributed by atoms with Gasteiger partial charge in [0.05, 0.1) is 5.56 Å². The fourth-order valence-corrected chi connectivity index (χ4v) is 0.995. The summed E-state index contributed by atoms with van der Waals surface area (Å²) < 4.78 is 5.15. The summed E-state index contributed by atoms with van der Waals surface area (Å²) in [5.74, 6) is -0.403. The monoisotopic (exact) mass is 237 g/mol. The molecule has 0 atom stereocenters. The number of hydrogen-bond donors (Lipinski definition) is 0. The van der Waals surface area contributed by atoms with Crippen LogP contribution < -0.4 is 0 Å². The Bertz CT molecular complexity index is 363. The fraction of sp³-hybridized carbons (Fsp3) is 0.462. The van der Waals surface area contributed by atoms with Gasteiger partial charge >= 0.3 is 5.97 Å². The Morgan fingerprint density at radius 2 is 1.59 bits per heavy atom. The van der Waals surface area contributed by atoms with Crippen LogP contribution in [0, 0.1) is 4.91 Å². The quantitative estimate of drug-likeness (QED) is 0.575. The molecule has 0 unspecified atom stereocenters. The van der Waals surface area contributed by atoms with E-state index in [9.17, 15) is 9.70 Å². The molecule has 0 aliphatic heterocycles. The van der Waals surface area contributed by atoms with Gasteiger partial charge in [-0.25, -0.2) is 4.79 Å². The number of carbonyl (C=O) groups is 1. The first-order chi connectivity index (χ1) is 7.92. The average molecular weight is 237 g/mol. The van der Waals surface area contributed by atoms with Crippen LogP contribution in [0.1, 0.15) is 45.0 Å². The second-order valence-electron chi connectivity index (χ2n) is 4.14. The van der Waals surface area contributed by atoms with Crippen molar-refractivity contribution in [3.8, 4) is 0 Å². The number of carbonyl (C=O) groups excluding carboxylic acids is 1. The first-order valence-corrected chi connectivity index (χ1v) is 5.59. The van der Waals surface area contributed by atoms with E-state index in [0.717, 1.165) is 0 Å². The molecule has 4 nitrogen and oxygen atoms in total. The molecular weight excluding hydrogens is 218 g/mol. The third-order valence-electron chi connectivity index (χ3n) is 1.61. The zero-order valence-corrected chi connectivity index (χ0v) is 11.0. The van der Waals surface area contributed by atoms with Crippen molar-refractivity contribution in [1.82, 2.24) is 0 Å². The van der Waals surface area contributed by atoms with Gasteiger partial charge in [-0.15, -0.1) is 4.91 Å². The van der Waals surface area contributed by atoms with E-state index in [4.69, 9.17) is 4.74 Å². The predicted molar refractivity (Wildman–Crippen MR) is 68.4 cm³/mol. The topological polar surface area (TPSA) is 55.7 Å². The Labute approximate surface area is 102 Å². The molecule has 0 spiro atoms. The molecule has 1 rings (SSSR count). The first-order valence-electron chi connectivity index (χ1n) is 5.59. The molecule has 1 aromatic rings. The van der Waals surface area contributed by atoms with E-state index < -0.39 is 11.6 Å². The van der Waals surface area contributed by atoms with Crippen LogP contribution in [0.15, 0.2) is 29.4 Å². The maximum absolute atomic E-state index is 11.5. The molecule has 0 N–H and O–H groups in total. The van der Waals surface area contributed by atoms with Crippen molar-refractivity contribution in [2.75, 3.05) is 0 Å². The third kappa shape index (κ3) is 5.80. The lowest BCUT2D eigenvalue weighted by atomic mass is 10.1. The number of hydrogen-bond acceptors (Lipinski definition) is 4. The largest absolute Gasteiger partial charge is 0.456 e. The molecule has 0 aromatic heterocycles. The molecule has 94 valence electrons. The van der Waals surface area contributed by atoms with Crippen molar-refractivity contribution in [2.45, 2.75) is 40.2 Å². The Morgan fingerprint density at radius 1 is 1.12 bits per heavy atom. The number of rotatable bonds is 2. The molecule has 0 heterocycles. The lowest BCUT2D eigenvalue weighted by Gasteiger charge is -2.19. The smallest absolute Gasteiger partial charge is 0.338 e. The number of benzene rings is 1. The van der Waals surface area contributed by atoms with Crippen LogP contribution in [-0.2, 0) is 4.74 Å². The van der Waals surface area contributed by atoms with Gasteiger partial charge in [0.25, 0.3) is 0 Å². The highest BCUT2D eigenvalue weighted by molar-refractivity contribution is 5.90. The Morgan fingerprint density at radius 3 is 1.94 bits per heavy atom. The van der Waals surface area contributed by atoms with Crippen LogP contribution in [0.4, 0.5) is 5.69 Å². The second kappa shape index (κ2) is 6.78. The van der Waals surface area contributed by atoms with Crippen LogP contribution in [0.2, 0.25) is 0 Å². The highest BCUT2D eigenvalue weighted by Crippen LogP contribution is 2.15. The predicted octanol–water partition coefficient (Wildman–Crippen LogP) is 4.07. The lowest BCUT2D eigenvalue weighted by molar-refractivity contribution is 0.00696. The normalized spacial score (nSPS) is 9.94. The average Bonchev–Trinajstić information content (AvgIpc) is 2.29. The van der Waals surface area contributed by atoms with Crippen LogP contribution in [0.3, 0.4) is 0 Å². The first kappa shape index (κ1) is 15.3. The highest BCUT2D eigenvalue weighted by Gasteiger charge is 2.17. The number of nitroso groups, excluding NO2 is 1. The summed E-state index contributed by atoms with van der Waals surface area (Å²) in [6, 6.07) is 5.99. The Hall–Kier alpha value is -1.71. The summed E-state index contributed by atoms with van der Waals surface area (Å²) in [5.41, 5.74) is 0.193. The molecule has 0 aliphatic rings. The van der Waals surface area contributed by atoms with E-state index in [-0.39, 0.29) is 0 Å². The van der Waals surface area contributed by atoms with Gasteiger partial charge in [0.15, 0.2) is 0 Å². The Balaban J connectivity index is 0.00000121. The minimum absolute atomic E-state index is 0.294. The molecule has 0 saturated carbocycles. The van der Waals surface area contributed by atoms with Crippen LogP contribution in [0.25, 0.3) is 0 Å². The zero-order valence-electron chi connectivity index (χ0n) is 11.0. The van der Waals surface area contributed by atoms with Gasteiger partial charge in [0.2, 0.25) is 0 Å². The van der Waals surface area contributed by atoms with E-state index >= 15 is 0 Å². The number of ether oxygens (including phenoxy) is 1. The summed E-state index contributed by atoms with van der Waals surface area (Å²) in [7, 11) is 0. The maximum atomic E-state index is 11.5. The minimum atomic E-state index is -0.515. The molecule has 17 heavy (non-hydrogen) atoms. The minimum Gasteiger partial charge on any atom is -0.456 e. The molecule has 4 heteroatoms. The molecular formula is C13H19NO3. The summed E-state index contributed by atoms with van der Waals surface area (Å²) in [5, 5.41) is 2.74. The van der Waals surface area contributed by atoms with Gasteiger partial charge in [-0.3, -0.25) is 0 Å². The van der Waals surface area contributed by atoms with E-state index in [1.165, 1.54) is 24.3 Å². The third-order valence-corrected chi connectivity index (χ3v) is 1.61. The van der Waals surface area contributed by atoms with Crippen LogP contribution in [-0.4, -0.2) is 11.6 Å². The molecule has 0 amide bonds. The van der Waals surface area contributed by atoms with Gasteiger partial charge in [-0.1, -0.05) is 13.8 Å². The summed E-state index contributed by atoms with van der Waals surface area (Å²) >= 11 is 0. The van der Waals surface area contributed by atoms with Crippen LogP contribution in [0.5, 0.6) is 0 Å². The van der Waals surface area contributed by atoms with E-state index in [2.05, 4.69) is 5.18 Å². The number of nitrogens with zero attached hydrogens (tertiary/aromatic N) is 1. The van der Waals surface area contributed by atoms with E-state index in [1.54, 1.807) is 20.8 Å². The van der Waals surface area contributed by atoms with E-state index in [0.29, 0.717) is 11.3 Å². The molecule has 0 radical (unpaired) electrons. The second-order valence-corrected chi connectivity index (χ2v) is 4.14. The maximum Gasteiger partial charge on any atom is 0.338 e. The van der Waals surface area contributed by atoms with Gasteiger partial charge in [0, 0.05) is 0 Å². The van der Waals surface area contributed by atoms with Crippen molar-refractivity contribution in [3.63, 3.8) is 0 Å². The van der Waals surface area contributed by atoms with Crippen molar-refractivity contribution in [3.05, 3.63) is 34.7 Å². The van der Waals surface area contributed by atoms with Gasteiger partial charge in [-0.05, 0) is 50.2 Å². The molecule has 0 aliphatic carbocycles. The summed E-state index contributed by atoms with van der Waals surface area (Å²) in [4.78, 5) is 21.7. The Kier molecular flexibility index (Phi) is 6.10. The molecule has 0 fully saturated rings. The fourth-order valence-electron chi connectivity index (χ4n) is 0.995. The van der Waals surface area contributed by atoms with Gasteiger partial charge in [0.1, 0.15) is 11.3 Å². The van der Waals surface area contributed by atoms with Crippen molar-refractivity contribution >= 4 is 11.7 Å². The van der Waals surface area contributed by atoms with Crippen molar-refractivity contribution in [1.29, 1.82) is 0 Å². The zero-order chi connectivity index (χ0) is 13.5. The van der Waals surface area contributed by atoms with Gasteiger partial charge < -0.3 is 4.74 Å². The van der Waals surface area contributed by atoms with E-state index in [1.807, 2.05) is 13.8 Å². The van der Waals surface area contributed by atoms with Crippen molar-refractivity contribution in [2.24, 2.45) is 5.18 Å². The number of esters is 1. The molecule has 0 bridgehead atoms. The standard InChI is InChI=1S/C11H13NO3.C2H6/c1-11(2,3)15-10(13)8-4-6-9(12-14)7-5-8;1-2/h4-7H,1-3H3;1-2H3. The lowest BCUT2D eigenvalue weighted by Crippen LogP contribution is -2.23. The molecule has 0 saturated heterocycles. The highest BCUT2D eigenvalue weighted by atomic mass is 16.6. The SMILES string of the molecule is CC.CC(C)(C)OC(=O)c1ccc(N=O)cc1.